The molecule has 7 heteroatoms. The summed E-state index contributed by atoms with van der Waals surface area (Å²) in [6.07, 6.45) is 0. The number of rotatable bonds is 8. The van der Waals surface area contributed by atoms with Gasteiger partial charge in [-0.1, -0.05) is 241 Å². The Kier molecular flexibility index (Phi) is 13.5. The number of hydrogen-bond acceptors (Lipinski definition) is 6. The predicted molar refractivity (Wildman–Crippen MR) is 410 cm³/mol. The molecule has 474 valence electrons. The molecule has 3 aromatic heterocycles. The molecule has 0 saturated heterocycles. The number of fused-ring (bicyclic) bond motifs is 12. The Morgan fingerprint density at radius 3 is 1.40 bits per heavy atom. The van der Waals surface area contributed by atoms with Crippen LogP contribution in [0.1, 0.15) is 105 Å². The summed E-state index contributed by atoms with van der Waals surface area (Å²) in [5.74, 6) is 1.65. The lowest BCUT2D eigenvalue weighted by Crippen LogP contribution is -2.61. The number of hydrogen-bond donors (Lipinski definition) is 0. The Morgan fingerprint density at radius 1 is 0.320 bits per heavy atom. The molecule has 2 aliphatic heterocycles. The van der Waals surface area contributed by atoms with Crippen LogP contribution >= 0.6 is 0 Å². The SMILES string of the molecule is CC(C)(C)c1ccc(N2B3c4cc5c(-c6ccccc6)oc(-c6ccccc6)c5cc4N(c4ccc(C(C)(C)C)cc4-c4ccccc4)c4cc5c(oc6ccccc65)c(c43)-c3cc4c(cc32)oc2cc(N(c3ccc(C(C)(C)C)cc3)c3ccc(C(C)(C)C)cc3)ccc24)cc1. The third kappa shape index (κ3) is 9.90. The molecule has 15 aromatic rings. The van der Waals surface area contributed by atoms with E-state index < -0.39 is 6.85 Å². The smallest absolute Gasteiger partial charge is 0.333 e. The largest absolute Gasteiger partial charge is 0.456 e. The summed E-state index contributed by atoms with van der Waals surface area (Å²) in [5, 5.41) is 6.23. The fraction of sp³-hybridized carbons (Fsp3) is 0.178. The van der Waals surface area contributed by atoms with Gasteiger partial charge in [-0.05, 0) is 145 Å². The molecule has 0 atom stereocenters. The Balaban J connectivity index is 0.987. The van der Waals surface area contributed by atoms with Gasteiger partial charge in [0.2, 0.25) is 0 Å². The first kappa shape index (κ1) is 59.9. The van der Waals surface area contributed by atoms with Crippen LogP contribution in [0.25, 0.3) is 99.6 Å². The molecule has 0 fully saturated rings. The van der Waals surface area contributed by atoms with E-state index in [1.165, 1.54) is 22.3 Å². The van der Waals surface area contributed by atoms with Crippen molar-refractivity contribution in [3.05, 3.63) is 277 Å². The van der Waals surface area contributed by atoms with Crippen molar-refractivity contribution in [2.24, 2.45) is 0 Å². The third-order valence-electron chi connectivity index (χ3n) is 20.5. The minimum Gasteiger partial charge on any atom is -0.456 e. The standard InChI is InChI=1S/C90H78BN3O3/c1-87(2,3)58-32-39-62(40-33-58)92(63-41-34-59(35-42-63)88(4,5)6)65-45-46-67-69-50-73-76(54-81(69)95-80(67)49-65)94(64-43-36-60(37-44-64)89(7,8)9)91-74-51-70-72(85(57-28-20-15-21-29-57)97-84(70)56-26-18-14-19-27-56)52-77(74)93(75-47-38-61(90(10,11)12)48-68(75)55-24-16-13-17-25-55)78-53-71-66-30-22-23-31-79(66)96-86(71)82(73)83(78)91/h13-54H,1-12H3. The number of anilines is 8. The summed E-state index contributed by atoms with van der Waals surface area (Å²) in [7, 11) is 0. The van der Waals surface area contributed by atoms with Crippen LogP contribution in [-0.4, -0.2) is 6.85 Å². The summed E-state index contributed by atoms with van der Waals surface area (Å²) in [6.45, 7) is 27.0. The average Bonchev–Trinajstić information content (AvgIpc) is 1.67. The van der Waals surface area contributed by atoms with Gasteiger partial charge in [-0.25, -0.2) is 0 Å². The predicted octanol–water partition coefficient (Wildman–Crippen LogP) is 24.6. The van der Waals surface area contributed by atoms with Crippen molar-refractivity contribution < 1.29 is 13.3 Å². The molecule has 2 aliphatic rings. The highest BCUT2D eigenvalue weighted by atomic mass is 16.3. The molecule has 5 heterocycles. The molecule has 0 unspecified atom stereocenters. The van der Waals surface area contributed by atoms with Gasteiger partial charge in [0, 0.05) is 112 Å². The molecule has 0 radical (unpaired) electrons. The highest BCUT2D eigenvalue weighted by Gasteiger charge is 2.48. The first-order valence-electron chi connectivity index (χ1n) is 34.2. The second kappa shape index (κ2) is 21.9. The Hall–Kier alpha value is -10.8. The van der Waals surface area contributed by atoms with Gasteiger partial charge < -0.3 is 27.9 Å². The van der Waals surface area contributed by atoms with Crippen molar-refractivity contribution >= 4 is 118 Å². The maximum absolute atomic E-state index is 7.43. The topological polar surface area (TPSA) is 49.1 Å². The van der Waals surface area contributed by atoms with Crippen LogP contribution in [0.3, 0.4) is 0 Å². The van der Waals surface area contributed by atoms with Crippen molar-refractivity contribution in [2.75, 3.05) is 14.6 Å². The molecule has 0 N–H and O–H groups in total. The lowest BCUT2D eigenvalue weighted by Gasteiger charge is -2.46. The van der Waals surface area contributed by atoms with E-state index in [0.717, 1.165) is 156 Å². The highest BCUT2D eigenvalue weighted by Crippen LogP contribution is 2.55. The van der Waals surface area contributed by atoms with Gasteiger partial charge in [0.15, 0.2) is 0 Å². The van der Waals surface area contributed by atoms with Crippen LogP contribution in [0.4, 0.5) is 45.5 Å². The van der Waals surface area contributed by atoms with Crippen LogP contribution in [0.5, 0.6) is 0 Å². The first-order chi connectivity index (χ1) is 46.6. The maximum Gasteiger partial charge on any atom is 0.333 e. The van der Waals surface area contributed by atoms with Gasteiger partial charge in [-0.2, -0.15) is 0 Å². The van der Waals surface area contributed by atoms with E-state index in [0.29, 0.717) is 0 Å². The zero-order valence-electron chi connectivity index (χ0n) is 57.4. The van der Waals surface area contributed by atoms with Gasteiger partial charge in [0.1, 0.15) is 33.9 Å². The molecule has 0 saturated carbocycles. The number of furan rings is 3. The normalized spacial score (nSPS) is 13.3. The number of benzene rings is 12. The van der Waals surface area contributed by atoms with E-state index in [4.69, 9.17) is 13.3 Å². The molecule has 97 heavy (non-hydrogen) atoms. The molecule has 12 aromatic carbocycles. The minimum atomic E-state index is -0.407. The van der Waals surface area contributed by atoms with E-state index in [1.807, 2.05) is 0 Å². The van der Waals surface area contributed by atoms with Crippen molar-refractivity contribution in [3.8, 4) is 44.9 Å². The van der Waals surface area contributed by atoms with Crippen LogP contribution < -0.4 is 25.5 Å². The van der Waals surface area contributed by atoms with Crippen LogP contribution in [0.15, 0.2) is 268 Å². The molecular weight excluding hydrogens is 1180 g/mol. The lowest BCUT2D eigenvalue weighted by atomic mass is 9.43. The second-order valence-electron chi connectivity index (χ2n) is 30.9. The fourth-order valence-electron chi connectivity index (χ4n) is 15.2. The summed E-state index contributed by atoms with van der Waals surface area (Å²) in [5.41, 5.74) is 25.3. The molecule has 0 amide bonds. The average molecular weight is 1260 g/mol. The molecule has 6 nitrogen and oxygen atoms in total. The monoisotopic (exact) mass is 1260 g/mol. The van der Waals surface area contributed by atoms with Gasteiger partial charge >= 0.3 is 6.85 Å². The van der Waals surface area contributed by atoms with Gasteiger partial charge in [-0.15, -0.1) is 0 Å². The van der Waals surface area contributed by atoms with Crippen molar-refractivity contribution in [3.63, 3.8) is 0 Å². The first-order valence-corrected chi connectivity index (χ1v) is 34.2. The lowest BCUT2D eigenvalue weighted by molar-refractivity contribution is 0.590. The van der Waals surface area contributed by atoms with E-state index in [1.54, 1.807) is 0 Å². The number of para-hydroxylation sites is 1. The van der Waals surface area contributed by atoms with Crippen LogP contribution in [-0.2, 0) is 21.7 Å². The molecule has 17 rings (SSSR count). The van der Waals surface area contributed by atoms with E-state index >= 15 is 0 Å². The van der Waals surface area contributed by atoms with Gasteiger partial charge in [-0.3, -0.25) is 0 Å². The summed E-state index contributed by atoms with van der Waals surface area (Å²) in [6, 6.07) is 94.2. The van der Waals surface area contributed by atoms with E-state index in [2.05, 4.69) is 352 Å². The zero-order chi connectivity index (χ0) is 66.6. The van der Waals surface area contributed by atoms with Gasteiger partial charge in [0.05, 0.1) is 5.69 Å². The highest BCUT2D eigenvalue weighted by molar-refractivity contribution is 6.94. The minimum absolute atomic E-state index is 0.00337. The molecule has 0 bridgehead atoms. The molecule has 0 aliphatic carbocycles. The molecule has 0 spiro atoms. The van der Waals surface area contributed by atoms with E-state index in [9.17, 15) is 0 Å². The number of nitrogens with zero attached hydrogens (tertiary/aromatic N) is 3. The second-order valence-corrected chi connectivity index (χ2v) is 30.9. The van der Waals surface area contributed by atoms with Crippen molar-refractivity contribution in [1.29, 1.82) is 0 Å². The van der Waals surface area contributed by atoms with Gasteiger partial charge in [0.25, 0.3) is 0 Å². The molecular formula is C90H78BN3O3. The zero-order valence-corrected chi connectivity index (χ0v) is 57.4. The van der Waals surface area contributed by atoms with Crippen LogP contribution in [0.2, 0.25) is 0 Å². The summed E-state index contributed by atoms with van der Waals surface area (Å²) in [4.78, 5) is 7.55. The van der Waals surface area contributed by atoms with Crippen molar-refractivity contribution in [2.45, 2.75) is 105 Å². The summed E-state index contributed by atoms with van der Waals surface area (Å²) >= 11 is 0. The fourth-order valence-corrected chi connectivity index (χ4v) is 15.2. The maximum atomic E-state index is 7.43. The quantitative estimate of drug-likeness (QED) is 0.141. The van der Waals surface area contributed by atoms with Crippen LogP contribution in [0, 0.1) is 0 Å². The third-order valence-corrected chi connectivity index (χ3v) is 20.5. The Labute approximate surface area is 569 Å². The Morgan fingerprint density at radius 2 is 0.814 bits per heavy atom. The van der Waals surface area contributed by atoms with Crippen molar-refractivity contribution in [1.82, 2.24) is 0 Å². The Bertz CT molecular complexity index is 5540. The van der Waals surface area contributed by atoms with E-state index in [-0.39, 0.29) is 21.7 Å². The summed E-state index contributed by atoms with van der Waals surface area (Å²) < 4.78 is 22.2.